The molecule has 1 aromatic heterocycles. The monoisotopic (exact) mass is 258 g/mol. The Kier molecular flexibility index (Phi) is 2.74. The molecule has 0 aliphatic heterocycles. The number of carbonyl (C=O) groups is 1. The van der Waals surface area contributed by atoms with Gasteiger partial charge in [-0.15, -0.1) is 0 Å². The first-order valence-electron chi connectivity index (χ1n) is 6.21. The summed E-state index contributed by atoms with van der Waals surface area (Å²) < 4.78 is 10.3. The summed E-state index contributed by atoms with van der Waals surface area (Å²) in [6, 6.07) is 8.09. The molecule has 0 spiro atoms. The van der Waals surface area contributed by atoms with Crippen LogP contribution in [0.1, 0.15) is 40.3 Å². The van der Waals surface area contributed by atoms with E-state index in [1.54, 1.807) is 6.92 Å². The van der Waals surface area contributed by atoms with Gasteiger partial charge >= 0.3 is 5.97 Å². The highest BCUT2D eigenvalue weighted by molar-refractivity contribution is 5.91. The van der Waals surface area contributed by atoms with Crippen molar-refractivity contribution >= 4 is 11.9 Å². The van der Waals surface area contributed by atoms with E-state index in [1.165, 1.54) is 11.1 Å². The quantitative estimate of drug-likeness (QED) is 0.853. The minimum absolute atomic E-state index is 0.0258. The molecule has 1 aromatic carbocycles. The summed E-state index contributed by atoms with van der Waals surface area (Å²) in [5.41, 5.74) is 8.21. The molecule has 0 saturated heterocycles. The van der Waals surface area contributed by atoms with E-state index < -0.39 is 5.97 Å². The lowest BCUT2D eigenvalue weighted by Crippen LogP contribution is -2.18. The molecule has 2 N–H and O–H groups in total. The maximum Gasteiger partial charge on any atom is 0.362 e. The Morgan fingerprint density at radius 1 is 1.53 bits per heavy atom. The molecule has 1 aliphatic rings. The summed E-state index contributed by atoms with van der Waals surface area (Å²) in [6.07, 6.45) is 0.860. The van der Waals surface area contributed by atoms with Crippen LogP contribution in [0.2, 0.25) is 0 Å². The van der Waals surface area contributed by atoms with Gasteiger partial charge in [0.1, 0.15) is 0 Å². The van der Waals surface area contributed by atoms with Gasteiger partial charge in [0.25, 0.3) is 0 Å². The number of hydrogen-bond acceptors (Lipinski definition) is 5. The van der Waals surface area contributed by atoms with Crippen LogP contribution < -0.4 is 5.73 Å². The van der Waals surface area contributed by atoms with E-state index >= 15 is 0 Å². The second-order valence-corrected chi connectivity index (χ2v) is 4.44. The van der Waals surface area contributed by atoms with E-state index in [4.69, 9.17) is 14.9 Å². The fourth-order valence-corrected chi connectivity index (χ4v) is 2.32. The zero-order valence-corrected chi connectivity index (χ0v) is 10.6. The fraction of sp³-hybridized carbons (Fsp3) is 0.286. The number of aromatic nitrogens is 1. The first-order chi connectivity index (χ1) is 9.20. The van der Waals surface area contributed by atoms with Crippen LogP contribution in [0.3, 0.4) is 0 Å². The number of nitrogen functional groups attached to an aromatic ring is 1. The van der Waals surface area contributed by atoms with Gasteiger partial charge in [0, 0.05) is 0 Å². The van der Waals surface area contributed by atoms with Crippen molar-refractivity contribution in [1.29, 1.82) is 0 Å². The third-order valence-corrected chi connectivity index (χ3v) is 3.29. The van der Waals surface area contributed by atoms with Crippen molar-refractivity contribution in [3.8, 4) is 0 Å². The Balaban J connectivity index is 1.89. The number of anilines is 1. The van der Waals surface area contributed by atoms with E-state index in [2.05, 4.69) is 11.1 Å². The molecule has 0 radical (unpaired) electrons. The molecular weight excluding hydrogens is 244 g/mol. The van der Waals surface area contributed by atoms with Crippen LogP contribution in [-0.4, -0.2) is 17.6 Å². The van der Waals surface area contributed by atoms with Crippen LogP contribution in [0.25, 0.3) is 0 Å². The molecular formula is C14H14N2O3. The molecule has 5 heteroatoms. The van der Waals surface area contributed by atoms with E-state index in [1.807, 2.05) is 18.2 Å². The smallest absolute Gasteiger partial charge is 0.362 e. The highest BCUT2D eigenvalue weighted by Crippen LogP contribution is 2.40. The highest BCUT2D eigenvalue weighted by Gasteiger charge is 2.33. The lowest BCUT2D eigenvalue weighted by atomic mass is 9.77. The molecule has 19 heavy (non-hydrogen) atoms. The lowest BCUT2D eigenvalue weighted by Gasteiger charge is -2.27. The second-order valence-electron chi connectivity index (χ2n) is 4.44. The molecule has 1 heterocycles. The zero-order chi connectivity index (χ0) is 13.4. The van der Waals surface area contributed by atoms with Gasteiger partial charge in [-0.2, -0.15) is 0 Å². The summed E-state index contributed by atoms with van der Waals surface area (Å²) in [4.78, 5) is 15.8. The van der Waals surface area contributed by atoms with Gasteiger partial charge in [-0.3, -0.25) is 0 Å². The number of esters is 1. The standard InChI is InChI=1S/C14H14N2O3/c1-2-18-14(17)11-12(15)19-13(16-11)10-7-8-5-3-4-6-9(8)10/h3-6,10H,2,7,15H2,1H3. The SMILES string of the molecule is CCOC(=O)c1nc(C2Cc3ccccc32)oc1N. The molecule has 1 atom stereocenters. The average Bonchev–Trinajstić information content (AvgIpc) is 2.73. The van der Waals surface area contributed by atoms with Gasteiger partial charge in [-0.05, 0) is 24.5 Å². The van der Waals surface area contributed by atoms with Gasteiger partial charge in [0.2, 0.25) is 17.5 Å². The minimum Gasteiger partial charge on any atom is -0.461 e. The van der Waals surface area contributed by atoms with Gasteiger partial charge in [-0.1, -0.05) is 24.3 Å². The minimum atomic E-state index is -0.539. The zero-order valence-electron chi connectivity index (χ0n) is 10.6. The van der Waals surface area contributed by atoms with Crippen molar-refractivity contribution < 1.29 is 13.9 Å². The number of hydrogen-bond donors (Lipinski definition) is 1. The molecule has 1 aliphatic carbocycles. The molecule has 1 unspecified atom stereocenters. The largest absolute Gasteiger partial charge is 0.461 e. The number of oxazole rings is 1. The van der Waals surface area contributed by atoms with Crippen LogP contribution >= 0.6 is 0 Å². The van der Waals surface area contributed by atoms with Crippen LogP contribution in [0.4, 0.5) is 5.88 Å². The molecule has 2 aromatic rings. The number of nitrogens with two attached hydrogens (primary N) is 1. The van der Waals surface area contributed by atoms with Crippen LogP contribution in [0.15, 0.2) is 28.7 Å². The summed E-state index contributed by atoms with van der Waals surface area (Å²) in [6.45, 7) is 2.02. The Hall–Kier alpha value is -2.30. The first kappa shape index (κ1) is 11.8. The third-order valence-electron chi connectivity index (χ3n) is 3.29. The number of ether oxygens (including phenoxy) is 1. The Morgan fingerprint density at radius 3 is 3.05 bits per heavy atom. The normalized spacial score (nSPS) is 16.6. The molecule has 3 rings (SSSR count). The molecule has 0 bridgehead atoms. The second kappa shape index (κ2) is 4.42. The summed E-state index contributed by atoms with van der Waals surface area (Å²) in [7, 11) is 0. The van der Waals surface area contributed by atoms with Crippen molar-refractivity contribution in [3.63, 3.8) is 0 Å². The van der Waals surface area contributed by atoms with Crippen molar-refractivity contribution in [2.45, 2.75) is 19.3 Å². The van der Waals surface area contributed by atoms with Gasteiger partial charge in [0.05, 0.1) is 12.5 Å². The van der Waals surface area contributed by atoms with Gasteiger partial charge in [-0.25, -0.2) is 9.78 Å². The predicted octanol–water partition coefficient (Wildman–Crippen LogP) is 2.12. The van der Waals surface area contributed by atoms with Crippen molar-refractivity contribution in [2.75, 3.05) is 12.3 Å². The average molecular weight is 258 g/mol. The number of rotatable bonds is 3. The highest BCUT2D eigenvalue weighted by atomic mass is 16.5. The van der Waals surface area contributed by atoms with Gasteiger partial charge < -0.3 is 14.9 Å². The maximum atomic E-state index is 11.6. The maximum absolute atomic E-state index is 11.6. The van der Waals surface area contributed by atoms with E-state index in [0.29, 0.717) is 5.89 Å². The molecule has 98 valence electrons. The summed E-state index contributed by atoms with van der Waals surface area (Å²) >= 11 is 0. The third kappa shape index (κ3) is 1.87. The molecule has 0 saturated carbocycles. The molecule has 0 amide bonds. The van der Waals surface area contributed by atoms with Crippen LogP contribution in [-0.2, 0) is 11.2 Å². The van der Waals surface area contributed by atoms with Crippen molar-refractivity contribution in [3.05, 3.63) is 47.0 Å². The number of benzene rings is 1. The number of carbonyl (C=O) groups excluding carboxylic acids is 1. The Labute approximate surface area is 110 Å². The fourth-order valence-electron chi connectivity index (χ4n) is 2.32. The number of nitrogens with zero attached hydrogens (tertiary/aromatic N) is 1. The van der Waals surface area contributed by atoms with E-state index in [-0.39, 0.29) is 24.1 Å². The predicted molar refractivity (Wildman–Crippen MR) is 68.9 cm³/mol. The first-order valence-corrected chi connectivity index (χ1v) is 6.21. The number of fused-ring (bicyclic) bond motifs is 1. The Morgan fingerprint density at radius 2 is 2.32 bits per heavy atom. The molecule has 5 nitrogen and oxygen atoms in total. The van der Waals surface area contributed by atoms with Crippen molar-refractivity contribution in [1.82, 2.24) is 4.98 Å². The van der Waals surface area contributed by atoms with Crippen LogP contribution in [0, 0.1) is 0 Å². The summed E-state index contributed by atoms with van der Waals surface area (Å²) in [5, 5.41) is 0. The van der Waals surface area contributed by atoms with Crippen molar-refractivity contribution in [2.24, 2.45) is 0 Å². The summed E-state index contributed by atoms with van der Waals surface area (Å²) in [5.74, 6) is 0.0568. The van der Waals surface area contributed by atoms with E-state index in [9.17, 15) is 4.79 Å². The van der Waals surface area contributed by atoms with E-state index in [0.717, 1.165) is 6.42 Å². The van der Waals surface area contributed by atoms with Crippen LogP contribution in [0.5, 0.6) is 0 Å². The lowest BCUT2D eigenvalue weighted by molar-refractivity contribution is 0.0521. The molecule has 0 fully saturated rings. The Bertz CT molecular complexity index is 633. The van der Waals surface area contributed by atoms with Gasteiger partial charge in [0.15, 0.2) is 0 Å². The topological polar surface area (TPSA) is 78.3 Å².